The molecule has 0 radical (unpaired) electrons. The van der Waals surface area contributed by atoms with Crippen molar-refractivity contribution in [1.29, 1.82) is 0 Å². The van der Waals surface area contributed by atoms with Gasteiger partial charge in [-0.05, 0) is 17.0 Å². The number of hydrogen-bond donors (Lipinski definition) is 1. The van der Waals surface area contributed by atoms with Gasteiger partial charge in [0.1, 0.15) is 0 Å². The van der Waals surface area contributed by atoms with Gasteiger partial charge in [-0.25, -0.2) is 4.79 Å². The molecule has 0 unspecified atom stereocenters. The smallest absolute Gasteiger partial charge is 0.333 e. The molecule has 2 aromatic rings. The van der Waals surface area contributed by atoms with Crippen LogP contribution in [0.5, 0.6) is 0 Å². The Morgan fingerprint density at radius 1 is 1.00 bits per heavy atom. The van der Waals surface area contributed by atoms with E-state index in [0.717, 1.165) is 0 Å². The van der Waals surface area contributed by atoms with Gasteiger partial charge in [-0.2, -0.15) is 0 Å². The Morgan fingerprint density at radius 3 is 1.86 bits per heavy atom. The highest BCUT2D eigenvalue weighted by Crippen LogP contribution is 2.24. The number of methoxy groups -OCH3 is 1. The molecule has 2 aromatic carbocycles. The maximum atomic E-state index is 11.7. The van der Waals surface area contributed by atoms with Gasteiger partial charge in [0, 0.05) is 31.1 Å². The minimum atomic E-state index is -0.723. The fourth-order valence-electron chi connectivity index (χ4n) is 3.61. The summed E-state index contributed by atoms with van der Waals surface area (Å²) in [5.74, 6) is -0.285. The van der Waals surface area contributed by atoms with E-state index in [2.05, 4.69) is 49.6 Å². The molecule has 0 aliphatic heterocycles. The molecule has 0 spiro atoms. The van der Waals surface area contributed by atoms with Crippen molar-refractivity contribution in [3.63, 3.8) is 0 Å². The Bertz CT molecular complexity index is 701. The lowest BCUT2D eigenvalue weighted by Crippen LogP contribution is -2.46. The van der Waals surface area contributed by atoms with Crippen molar-refractivity contribution < 1.29 is 14.6 Å². The van der Waals surface area contributed by atoms with Crippen LogP contribution in [-0.2, 0) is 22.6 Å². The van der Waals surface area contributed by atoms with Gasteiger partial charge in [0.25, 0.3) is 0 Å². The van der Waals surface area contributed by atoms with Crippen LogP contribution < -0.4 is 0 Å². The first-order chi connectivity index (χ1) is 13.4. The van der Waals surface area contributed by atoms with Crippen LogP contribution in [0.1, 0.15) is 31.4 Å². The second kappa shape index (κ2) is 10.8. The molecule has 0 bridgehead atoms. The van der Waals surface area contributed by atoms with Crippen LogP contribution in [-0.4, -0.2) is 35.2 Å². The lowest BCUT2D eigenvalue weighted by atomic mass is 9.91. The van der Waals surface area contributed by atoms with E-state index in [1.54, 1.807) is 0 Å². The zero-order chi connectivity index (χ0) is 20.5. The van der Waals surface area contributed by atoms with E-state index >= 15 is 0 Å². The van der Waals surface area contributed by atoms with E-state index in [1.807, 2.05) is 36.4 Å². The summed E-state index contributed by atoms with van der Waals surface area (Å²) in [5.41, 5.74) is 2.66. The maximum absolute atomic E-state index is 11.7. The molecule has 0 fully saturated rings. The third-order valence-electron chi connectivity index (χ3n) is 4.89. The quantitative estimate of drug-likeness (QED) is 0.495. The summed E-state index contributed by atoms with van der Waals surface area (Å²) in [6.07, 6.45) is -0.533. The third-order valence-corrected chi connectivity index (χ3v) is 4.89. The highest BCUT2D eigenvalue weighted by molar-refractivity contribution is 5.87. The van der Waals surface area contributed by atoms with Crippen molar-refractivity contribution in [3.8, 4) is 0 Å². The van der Waals surface area contributed by atoms with E-state index in [9.17, 15) is 9.90 Å². The fraction of sp³-hybridized carbons (Fsp3) is 0.375. The van der Waals surface area contributed by atoms with E-state index in [0.29, 0.717) is 18.7 Å². The van der Waals surface area contributed by atoms with Gasteiger partial charge >= 0.3 is 5.97 Å². The van der Waals surface area contributed by atoms with Crippen LogP contribution in [0.25, 0.3) is 0 Å². The Labute approximate surface area is 168 Å². The van der Waals surface area contributed by atoms with Gasteiger partial charge in [0.15, 0.2) is 0 Å². The summed E-state index contributed by atoms with van der Waals surface area (Å²) < 4.78 is 4.74. The molecule has 1 N–H and O–H groups in total. The minimum absolute atomic E-state index is 0.137. The van der Waals surface area contributed by atoms with Gasteiger partial charge in [-0.15, -0.1) is 0 Å². The summed E-state index contributed by atoms with van der Waals surface area (Å²) >= 11 is 0. The molecule has 0 saturated carbocycles. The predicted octanol–water partition coefficient (Wildman–Crippen LogP) is 4.19. The van der Waals surface area contributed by atoms with E-state index in [-0.39, 0.29) is 18.4 Å². The van der Waals surface area contributed by atoms with Crippen molar-refractivity contribution in [2.45, 2.75) is 45.5 Å². The van der Waals surface area contributed by atoms with Crippen LogP contribution in [0.15, 0.2) is 72.8 Å². The van der Waals surface area contributed by atoms with Crippen molar-refractivity contribution >= 4 is 5.97 Å². The number of carbonyl (C=O) groups is 1. The number of ether oxygens (including phenoxy) is 1. The second-order valence-electron chi connectivity index (χ2n) is 7.48. The summed E-state index contributed by atoms with van der Waals surface area (Å²) in [5, 5.41) is 11.0. The van der Waals surface area contributed by atoms with E-state index < -0.39 is 12.1 Å². The number of aliphatic hydroxyl groups excluding tert-OH is 1. The van der Waals surface area contributed by atoms with Crippen LogP contribution >= 0.6 is 0 Å². The molecule has 2 atom stereocenters. The number of benzene rings is 2. The largest absolute Gasteiger partial charge is 0.466 e. The van der Waals surface area contributed by atoms with Crippen molar-refractivity contribution in [2.75, 3.05) is 7.11 Å². The van der Waals surface area contributed by atoms with E-state index in [4.69, 9.17) is 4.74 Å². The SMILES string of the molecule is C=C(C[C@@H](O)[C@H](C(C)C)N(Cc1ccccc1)Cc1ccccc1)C(=O)OC. The lowest BCUT2D eigenvalue weighted by molar-refractivity contribution is -0.136. The van der Waals surface area contributed by atoms with Gasteiger partial charge < -0.3 is 9.84 Å². The molecule has 0 saturated heterocycles. The standard InChI is InChI=1S/C24H31NO3/c1-18(2)23(22(26)15-19(3)24(27)28-4)25(16-20-11-7-5-8-12-20)17-21-13-9-6-10-14-21/h5-14,18,22-23,26H,3,15-17H2,1-2,4H3/t22-,23+/m1/s1. The Morgan fingerprint density at radius 2 is 1.46 bits per heavy atom. The molecular formula is C24H31NO3. The number of esters is 1. The van der Waals surface area contributed by atoms with Crippen LogP contribution in [0.2, 0.25) is 0 Å². The van der Waals surface area contributed by atoms with Crippen LogP contribution in [0.3, 0.4) is 0 Å². The molecular weight excluding hydrogens is 350 g/mol. The predicted molar refractivity (Wildman–Crippen MR) is 113 cm³/mol. The number of carbonyl (C=O) groups excluding carboxylic acids is 1. The highest BCUT2D eigenvalue weighted by Gasteiger charge is 2.30. The van der Waals surface area contributed by atoms with Crippen LogP contribution in [0.4, 0.5) is 0 Å². The number of rotatable bonds is 10. The average molecular weight is 382 g/mol. The number of nitrogens with zero attached hydrogens (tertiary/aromatic N) is 1. The molecule has 4 heteroatoms. The molecule has 0 aromatic heterocycles. The average Bonchev–Trinajstić information content (AvgIpc) is 2.68. The molecule has 150 valence electrons. The van der Waals surface area contributed by atoms with Crippen molar-refractivity contribution in [2.24, 2.45) is 5.92 Å². The van der Waals surface area contributed by atoms with Gasteiger partial charge in [0.05, 0.1) is 13.2 Å². The zero-order valence-electron chi connectivity index (χ0n) is 17.0. The first-order valence-corrected chi connectivity index (χ1v) is 9.68. The van der Waals surface area contributed by atoms with Crippen LogP contribution in [0, 0.1) is 5.92 Å². The molecule has 4 nitrogen and oxygen atoms in total. The first kappa shape index (κ1) is 21.9. The van der Waals surface area contributed by atoms with Crippen molar-refractivity contribution in [1.82, 2.24) is 4.90 Å². The monoisotopic (exact) mass is 381 g/mol. The van der Waals surface area contributed by atoms with Gasteiger partial charge in [-0.1, -0.05) is 81.1 Å². The third kappa shape index (κ3) is 6.32. The summed E-state index contributed by atoms with van der Waals surface area (Å²) in [7, 11) is 1.33. The van der Waals surface area contributed by atoms with Gasteiger partial charge in [-0.3, -0.25) is 4.90 Å². The minimum Gasteiger partial charge on any atom is -0.466 e. The zero-order valence-corrected chi connectivity index (χ0v) is 17.0. The molecule has 0 aliphatic rings. The molecule has 2 rings (SSSR count). The second-order valence-corrected chi connectivity index (χ2v) is 7.48. The molecule has 0 amide bonds. The number of aliphatic hydroxyl groups is 1. The number of hydrogen-bond acceptors (Lipinski definition) is 4. The lowest BCUT2D eigenvalue weighted by Gasteiger charge is -2.38. The molecule has 0 aliphatic carbocycles. The van der Waals surface area contributed by atoms with E-state index in [1.165, 1.54) is 18.2 Å². The van der Waals surface area contributed by atoms with Gasteiger partial charge in [0.2, 0.25) is 0 Å². The first-order valence-electron chi connectivity index (χ1n) is 9.68. The highest BCUT2D eigenvalue weighted by atomic mass is 16.5. The summed E-state index contributed by atoms with van der Waals surface area (Å²) in [6.45, 7) is 9.39. The molecule has 28 heavy (non-hydrogen) atoms. The summed E-state index contributed by atoms with van der Waals surface area (Å²) in [6, 6.07) is 20.3. The molecule has 0 heterocycles. The Hall–Kier alpha value is -2.43. The normalized spacial score (nSPS) is 13.4. The van der Waals surface area contributed by atoms with Crippen molar-refractivity contribution in [3.05, 3.63) is 83.9 Å². The fourth-order valence-corrected chi connectivity index (χ4v) is 3.61. The Balaban J connectivity index is 2.27. The maximum Gasteiger partial charge on any atom is 0.333 e. The Kier molecular flexibility index (Phi) is 8.42. The topological polar surface area (TPSA) is 49.8 Å². The summed E-state index contributed by atoms with van der Waals surface area (Å²) in [4.78, 5) is 14.0.